The fraction of sp³-hybridized carbons (Fsp3) is 0.545. The highest BCUT2D eigenvalue weighted by Crippen LogP contribution is 2.25. The van der Waals surface area contributed by atoms with Crippen LogP contribution >= 0.6 is 0 Å². The smallest absolute Gasteiger partial charge is 0.305 e. The van der Waals surface area contributed by atoms with E-state index in [4.69, 9.17) is 21.4 Å². The molecule has 4 amide bonds. The highest BCUT2D eigenvalue weighted by molar-refractivity contribution is 5.99. The first-order valence-electron chi connectivity index (χ1n) is 11.0. The minimum absolute atomic E-state index is 0.1000. The number of carbonyl (C=O) groups is 6. The first-order valence-corrected chi connectivity index (χ1v) is 11.5. The number of likely N-dealkylation sites (tertiary alicyclic amines) is 1. The molecule has 2 unspecified atom stereocenters. The van der Waals surface area contributed by atoms with E-state index >= 15 is 0 Å². The molecule has 13 heteroatoms. The molecular formula is C22H30ClN4O8+. The van der Waals surface area contributed by atoms with E-state index < -0.39 is 53.6 Å². The Kier molecular flexibility index (Phi) is 9.81. The second kappa shape index (κ2) is 12.3. The number of methoxy groups -OCH3 is 1. The van der Waals surface area contributed by atoms with Gasteiger partial charge in [-0.15, -0.1) is 0 Å². The lowest BCUT2D eigenvalue weighted by Crippen LogP contribution is -2.54. The third kappa shape index (κ3) is 7.28. The predicted molar refractivity (Wildman–Crippen MR) is 118 cm³/mol. The number of aldehydes is 1. The van der Waals surface area contributed by atoms with E-state index in [9.17, 15) is 28.8 Å². The molecule has 0 saturated carbocycles. The molecule has 0 aromatic heterocycles. The number of carboxylic acid groups (broad SMARTS) is 1. The molecule has 2 aliphatic rings. The van der Waals surface area contributed by atoms with Crippen LogP contribution in [0.25, 0.3) is 0 Å². The van der Waals surface area contributed by atoms with Crippen LogP contribution in [0, 0.1) is 11.6 Å². The topological polar surface area (TPSA) is 171 Å². The number of hydrogen-bond donors (Lipinski definition) is 4. The van der Waals surface area contributed by atoms with Crippen molar-refractivity contribution in [2.24, 2.45) is 0 Å². The lowest BCUT2D eigenvalue weighted by Gasteiger charge is -2.28. The number of carbonyl (C=O) groups excluding carboxylic acids is 5. The number of hydrogen-bond acceptors (Lipinski definition) is 7. The molecule has 1 heterocycles. The maximum absolute atomic E-state index is 13.0. The number of nitrogens with one attached hydrogen (secondary N) is 3. The maximum Gasteiger partial charge on any atom is 0.305 e. The van der Waals surface area contributed by atoms with Gasteiger partial charge in [0.2, 0.25) is 23.1 Å². The van der Waals surface area contributed by atoms with Crippen LogP contribution in [-0.4, -0.2) is 83.0 Å². The van der Waals surface area contributed by atoms with Crippen molar-refractivity contribution in [2.45, 2.75) is 63.0 Å². The van der Waals surface area contributed by atoms with Gasteiger partial charge in [-0.3, -0.25) is 24.0 Å². The predicted octanol–water partition coefficient (Wildman–Crippen LogP) is -1.39. The maximum atomic E-state index is 13.0. The minimum atomic E-state index is -1.24. The van der Waals surface area contributed by atoms with Gasteiger partial charge in [0.1, 0.15) is 35.7 Å². The van der Waals surface area contributed by atoms with Crippen molar-refractivity contribution in [1.82, 2.24) is 20.9 Å². The molecule has 35 heavy (non-hydrogen) atoms. The molecular weight excluding hydrogens is 484 g/mol. The molecule has 1 fully saturated rings. The molecule has 4 atom stereocenters. The summed E-state index contributed by atoms with van der Waals surface area (Å²) in [6.07, 6.45) is 2.21. The highest BCUT2D eigenvalue weighted by atomic mass is 35.5. The molecule has 0 spiro atoms. The molecule has 1 aliphatic carbocycles. The molecule has 0 aromatic carbocycles. The molecule has 12 nitrogen and oxygen atoms in total. The normalized spacial score (nSPS) is 21.4. The zero-order valence-electron chi connectivity index (χ0n) is 19.7. The Morgan fingerprint density at radius 1 is 1.29 bits per heavy atom. The Morgan fingerprint density at radius 3 is 2.54 bits per heavy atom. The first kappa shape index (κ1) is 27.8. The summed E-state index contributed by atoms with van der Waals surface area (Å²) in [4.78, 5) is 73.2. The zero-order valence-corrected chi connectivity index (χ0v) is 20.5. The molecule has 1 aliphatic heterocycles. The minimum Gasteiger partial charge on any atom is -0.496 e. The molecule has 192 valence electrons. The number of aliphatic carboxylic acids is 1. The third-order valence-corrected chi connectivity index (χ3v) is 6.00. The van der Waals surface area contributed by atoms with Gasteiger partial charge in [0, 0.05) is 26.0 Å². The van der Waals surface area contributed by atoms with Gasteiger partial charge in [0.25, 0.3) is 5.91 Å². The summed E-state index contributed by atoms with van der Waals surface area (Å²) in [5, 5.41) is 15.8. The van der Waals surface area contributed by atoms with Crippen molar-refractivity contribution in [3.63, 3.8) is 0 Å². The van der Waals surface area contributed by atoms with Crippen molar-refractivity contribution in [3.05, 3.63) is 23.1 Å². The number of alkyl halides is 1. The number of nitrogens with zero attached hydrogens (tertiary/aromatic N) is 1. The average molecular weight is 514 g/mol. The van der Waals surface area contributed by atoms with Crippen LogP contribution in [0.2, 0.25) is 0 Å². The van der Waals surface area contributed by atoms with Gasteiger partial charge >= 0.3 is 5.97 Å². The van der Waals surface area contributed by atoms with Crippen molar-refractivity contribution >= 4 is 35.9 Å². The lowest BCUT2D eigenvalue weighted by molar-refractivity contribution is -0.407. The summed E-state index contributed by atoms with van der Waals surface area (Å²) < 4.78 is 5.28. The largest absolute Gasteiger partial charge is 0.496 e. The fourth-order valence-corrected chi connectivity index (χ4v) is 4.21. The fourth-order valence-electron chi connectivity index (χ4n) is 3.92. The Bertz CT molecular complexity index is 963. The van der Waals surface area contributed by atoms with E-state index in [-0.39, 0.29) is 30.2 Å². The Morgan fingerprint density at radius 2 is 1.97 bits per heavy atom. The number of halogens is 1. The number of allylic oxidation sites excluding steroid dienone is 2. The summed E-state index contributed by atoms with van der Waals surface area (Å²) in [6, 6.07) is -3.09. The van der Waals surface area contributed by atoms with Crippen LogP contribution < -0.4 is 16.0 Å². The quantitative estimate of drug-likeness (QED) is 0.204. The van der Waals surface area contributed by atoms with Crippen LogP contribution in [0.5, 0.6) is 0 Å². The average Bonchev–Trinajstić information content (AvgIpc) is 3.28. The summed E-state index contributed by atoms with van der Waals surface area (Å²) in [5.41, 5.74) is 0.659. The molecule has 4 N–H and O–H groups in total. The molecule has 0 radical (unpaired) electrons. The van der Waals surface area contributed by atoms with Crippen molar-refractivity contribution < 1.29 is 50.2 Å². The van der Waals surface area contributed by atoms with Gasteiger partial charge in [-0.05, 0) is 19.8 Å². The summed E-state index contributed by atoms with van der Waals surface area (Å²) in [6.45, 7) is 3.09. The van der Waals surface area contributed by atoms with Gasteiger partial charge < -0.3 is 35.5 Å². The highest BCUT2D eigenvalue weighted by Gasteiger charge is 2.38. The van der Waals surface area contributed by atoms with Gasteiger partial charge in [-0.2, -0.15) is 0 Å². The van der Waals surface area contributed by atoms with Crippen LogP contribution in [0.3, 0.4) is 0 Å². The Balaban J connectivity index is 2.09. The molecule has 0 aromatic rings. The Hall–Kier alpha value is -3.41. The molecule has 2 rings (SSSR count). The third-order valence-electron chi connectivity index (χ3n) is 5.58. The van der Waals surface area contributed by atoms with Gasteiger partial charge in [-0.1, -0.05) is 0 Å². The lowest BCUT2D eigenvalue weighted by atomic mass is 9.99. The summed E-state index contributed by atoms with van der Waals surface area (Å²) in [7, 11) is 1.37. The van der Waals surface area contributed by atoms with Crippen molar-refractivity contribution in [3.8, 4) is 0 Å². The second-order valence-corrected chi connectivity index (χ2v) is 8.82. The number of ether oxygens (including phenoxy) is 1. The summed E-state index contributed by atoms with van der Waals surface area (Å²) in [5.74, 6) is -3.04. The Labute approximate surface area is 207 Å². The van der Waals surface area contributed by atoms with E-state index in [1.54, 1.807) is 0 Å². The van der Waals surface area contributed by atoms with Gasteiger partial charge in [-0.25, -0.2) is 0 Å². The van der Waals surface area contributed by atoms with Gasteiger partial charge in [0.15, 0.2) is 0 Å². The van der Waals surface area contributed by atoms with Crippen LogP contribution in [0.15, 0.2) is 23.1 Å². The van der Waals surface area contributed by atoms with E-state index in [2.05, 4.69) is 16.0 Å². The van der Waals surface area contributed by atoms with Crippen molar-refractivity contribution in [2.75, 3.05) is 13.7 Å². The van der Waals surface area contributed by atoms with Gasteiger partial charge in [0.05, 0.1) is 30.8 Å². The van der Waals surface area contributed by atoms with E-state index in [1.807, 2.05) is 0 Å². The van der Waals surface area contributed by atoms with E-state index in [1.165, 1.54) is 31.9 Å². The van der Waals surface area contributed by atoms with Crippen LogP contribution in [0.4, 0.5) is 0 Å². The SMILES string of the molecule is COC1=C(C(=O)N[C@@H](C)C(=O)N2CCC[C@H]2C(=O)NC(C=O)CC(=O)O)CC([ClH+])C(NC(C)=O)=C1. The monoisotopic (exact) mass is 513 g/mol. The standard InChI is InChI=1S/C22H29ClN4O8/c1-11(24-20(32)14-8-15(23)16(25-12(2)29)9-18(14)35-3)22(34)27-6-4-5-17(27)21(33)26-13(10-28)7-19(30)31/h9-11,13,15,17,23H,4-8H2,1-3H3,(H3-,24,25,26,29,30,31,32,33)/p+1/t11-,13?,15?,17-/m0/s1. The van der Waals surface area contributed by atoms with E-state index in [0.717, 1.165) is 0 Å². The van der Waals surface area contributed by atoms with Crippen LogP contribution in [0.1, 0.15) is 39.5 Å². The molecule has 0 bridgehead atoms. The van der Waals surface area contributed by atoms with Crippen LogP contribution in [-0.2, 0) is 33.5 Å². The molecule has 1 saturated heterocycles. The number of amides is 4. The number of carboxylic acids is 1. The second-order valence-electron chi connectivity index (χ2n) is 8.25. The summed E-state index contributed by atoms with van der Waals surface area (Å²) >= 11 is 5.36. The zero-order chi connectivity index (χ0) is 26.3. The van der Waals surface area contributed by atoms with Crippen molar-refractivity contribution in [1.29, 1.82) is 0 Å². The first-order chi connectivity index (χ1) is 16.5. The van der Waals surface area contributed by atoms with E-state index in [0.29, 0.717) is 24.8 Å². The number of rotatable bonds is 10.